The van der Waals surface area contributed by atoms with Crippen LogP contribution >= 0.6 is 0 Å². The van der Waals surface area contributed by atoms with Crippen LogP contribution in [0.2, 0.25) is 0 Å². The molecule has 0 radical (unpaired) electrons. The van der Waals surface area contributed by atoms with E-state index in [-0.39, 0.29) is 22.4 Å². The van der Waals surface area contributed by atoms with Gasteiger partial charge in [0.25, 0.3) is 0 Å². The molecule has 0 bridgehead atoms. The van der Waals surface area contributed by atoms with Crippen LogP contribution in [0, 0.1) is 34.5 Å². The van der Waals surface area contributed by atoms with Crippen molar-refractivity contribution in [3.63, 3.8) is 0 Å². The van der Waals surface area contributed by atoms with Crippen molar-refractivity contribution in [3.05, 3.63) is 11.6 Å². The van der Waals surface area contributed by atoms with Crippen molar-refractivity contribution in [2.75, 3.05) is 0 Å². The lowest BCUT2D eigenvalue weighted by Gasteiger charge is -2.61. The fourth-order valence-corrected chi connectivity index (χ4v) is 8.20. The molecule has 1 heterocycles. The Kier molecular flexibility index (Phi) is 3.42. The average Bonchev–Trinajstić information content (AvgIpc) is 3.11. The van der Waals surface area contributed by atoms with E-state index in [2.05, 4.69) is 20.8 Å². The second-order valence-electron chi connectivity index (χ2n) is 10.5. The highest BCUT2D eigenvalue weighted by atomic mass is 16.6. The summed E-state index contributed by atoms with van der Waals surface area (Å²) in [7, 11) is 0. The highest BCUT2D eigenvalue weighted by molar-refractivity contribution is 5.91. The third-order valence-corrected chi connectivity index (χ3v) is 9.64. The molecule has 7 atom stereocenters. The monoisotopic (exact) mass is 356 g/mol. The quantitative estimate of drug-likeness (QED) is 0.583. The van der Waals surface area contributed by atoms with E-state index in [4.69, 9.17) is 4.74 Å². The van der Waals surface area contributed by atoms with E-state index in [1.54, 1.807) is 0 Å². The predicted octanol–water partition coefficient (Wildman–Crippen LogP) is 4.84. The number of ketones is 1. The standard InChI is InChI=1S/C23H32O3/c1-14-12-15-13-16(24)4-8-21(15,2)17-5-9-22(3)18(20(14)17)6-10-23(22)11-7-19(25)26-23/h13-14,17-18,20H,4-12H2,1-3H3/t14-,17?,18?,20?,21?,22?,23?/m1/s1. The Morgan fingerprint density at radius 3 is 2.50 bits per heavy atom. The van der Waals surface area contributed by atoms with E-state index in [0.717, 1.165) is 32.1 Å². The lowest BCUT2D eigenvalue weighted by molar-refractivity contribution is -0.170. The minimum absolute atomic E-state index is 0.0219. The van der Waals surface area contributed by atoms with Crippen molar-refractivity contribution < 1.29 is 14.3 Å². The zero-order valence-electron chi connectivity index (χ0n) is 16.5. The maximum Gasteiger partial charge on any atom is 0.306 e. The number of hydrogen-bond acceptors (Lipinski definition) is 3. The molecule has 0 N–H and O–H groups in total. The maximum atomic E-state index is 12.0. The SMILES string of the molecule is C[C@@H]1CC2=CC(=O)CCC2(C)C2CCC3(C)C(CCC34CCC(=O)O4)C21. The number of ether oxygens (including phenoxy) is 1. The number of rotatable bonds is 0. The van der Waals surface area contributed by atoms with Crippen LogP contribution in [-0.2, 0) is 14.3 Å². The van der Waals surface area contributed by atoms with Crippen molar-refractivity contribution in [2.24, 2.45) is 34.5 Å². The van der Waals surface area contributed by atoms with E-state index in [1.165, 1.54) is 24.8 Å². The Morgan fingerprint density at radius 1 is 1.00 bits per heavy atom. The van der Waals surface area contributed by atoms with Gasteiger partial charge in [0.1, 0.15) is 5.60 Å². The van der Waals surface area contributed by atoms with Gasteiger partial charge in [-0.1, -0.05) is 26.3 Å². The van der Waals surface area contributed by atoms with Gasteiger partial charge in [-0.25, -0.2) is 0 Å². The summed E-state index contributed by atoms with van der Waals surface area (Å²) in [5.74, 6) is 3.05. The fraction of sp³-hybridized carbons (Fsp3) is 0.826. The zero-order valence-corrected chi connectivity index (χ0v) is 16.5. The minimum atomic E-state index is -0.182. The molecule has 1 spiro atoms. The third kappa shape index (κ3) is 1.95. The lowest BCUT2D eigenvalue weighted by Crippen LogP contribution is -2.56. The first-order valence-electron chi connectivity index (χ1n) is 10.7. The molecule has 0 aromatic carbocycles. The number of fused-ring (bicyclic) bond motifs is 6. The Hall–Kier alpha value is -1.12. The van der Waals surface area contributed by atoms with Crippen molar-refractivity contribution in [3.8, 4) is 0 Å². The molecule has 1 saturated heterocycles. The summed E-state index contributed by atoms with van der Waals surface area (Å²) in [4.78, 5) is 24.0. The molecule has 1 aliphatic heterocycles. The largest absolute Gasteiger partial charge is 0.458 e. The molecular formula is C23H32O3. The maximum absolute atomic E-state index is 12.0. The summed E-state index contributed by atoms with van der Waals surface area (Å²) in [5.41, 5.74) is 1.62. The first-order chi connectivity index (χ1) is 12.3. The van der Waals surface area contributed by atoms with Crippen LogP contribution in [0.5, 0.6) is 0 Å². The van der Waals surface area contributed by atoms with Crippen LogP contribution in [0.4, 0.5) is 0 Å². The minimum Gasteiger partial charge on any atom is -0.458 e. The first-order valence-corrected chi connectivity index (χ1v) is 10.7. The Bertz CT molecular complexity index is 708. The molecule has 4 aliphatic carbocycles. The molecule has 26 heavy (non-hydrogen) atoms. The highest BCUT2D eigenvalue weighted by Gasteiger charge is 2.67. The van der Waals surface area contributed by atoms with Crippen LogP contribution in [0.1, 0.15) is 78.6 Å². The van der Waals surface area contributed by atoms with Gasteiger partial charge in [0.15, 0.2) is 5.78 Å². The van der Waals surface area contributed by atoms with Crippen LogP contribution in [0.3, 0.4) is 0 Å². The first kappa shape index (κ1) is 17.0. The van der Waals surface area contributed by atoms with Gasteiger partial charge in [-0.05, 0) is 80.1 Å². The van der Waals surface area contributed by atoms with Crippen LogP contribution < -0.4 is 0 Å². The molecule has 142 valence electrons. The topological polar surface area (TPSA) is 43.4 Å². The van der Waals surface area contributed by atoms with Gasteiger partial charge in [-0.3, -0.25) is 9.59 Å². The van der Waals surface area contributed by atoms with E-state index >= 15 is 0 Å². The van der Waals surface area contributed by atoms with Gasteiger partial charge in [0, 0.05) is 18.3 Å². The van der Waals surface area contributed by atoms with Crippen LogP contribution in [0.15, 0.2) is 11.6 Å². The summed E-state index contributed by atoms with van der Waals surface area (Å²) in [6, 6.07) is 0. The molecule has 0 amide bonds. The molecule has 3 nitrogen and oxygen atoms in total. The van der Waals surface area contributed by atoms with Gasteiger partial charge < -0.3 is 4.74 Å². The molecular weight excluding hydrogens is 324 g/mol. The van der Waals surface area contributed by atoms with Gasteiger partial charge in [-0.15, -0.1) is 0 Å². The second-order valence-corrected chi connectivity index (χ2v) is 10.5. The number of carbonyl (C=O) groups excluding carboxylic acids is 2. The van der Waals surface area contributed by atoms with E-state index in [0.29, 0.717) is 35.9 Å². The molecule has 5 aliphatic rings. The van der Waals surface area contributed by atoms with Gasteiger partial charge in [0.05, 0.1) is 0 Å². The zero-order chi connectivity index (χ0) is 18.3. The third-order valence-electron chi connectivity index (χ3n) is 9.64. The van der Waals surface area contributed by atoms with Crippen molar-refractivity contribution in [2.45, 2.75) is 84.2 Å². The smallest absolute Gasteiger partial charge is 0.306 e. The molecule has 4 fully saturated rings. The Balaban J connectivity index is 1.53. The van der Waals surface area contributed by atoms with Gasteiger partial charge in [0.2, 0.25) is 0 Å². The number of esters is 1. The summed E-state index contributed by atoms with van der Waals surface area (Å²) in [5, 5.41) is 0. The van der Waals surface area contributed by atoms with Crippen LogP contribution in [0.25, 0.3) is 0 Å². The Morgan fingerprint density at radius 2 is 1.77 bits per heavy atom. The summed E-state index contributed by atoms with van der Waals surface area (Å²) in [6.45, 7) is 7.29. The lowest BCUT2D eigenvalue weighted by atomic mass is 9.44. The highest BCUT2D eigenvalue weighted by Crippen LogP contribution is 2.70. The fourth-order valence-electron chi connectivity index (χ4n) is 8.20. The molecule has 3 saturated carbocycles. The summed E-state index contributed by atoms with van der Waals surface area (Å²) < 4.78 is 6.05. The number of carbonyl (C=O) groups is 2. The molecule has 0 aromatic heterocycles. The average molecular weight is 357 g/mol. The normalized spacial score (nSPS) is 53.0. The number of allylic oxidation sites excluding steroid dienone is 1. The van der Waals surface area contributed by atoms with Gasteiger partial charge in [-0.2, -0.15) is 0 Å². The van der Waals surface area contributed by atoms with Gasteiger partial charge >= 0.3 is 5.97 Å². The van der Waals surface area contributed by atoms with Crippen molar-refractivity contribution in [1.82, 2.24) is 0 Å². The summed E-state index contributed by atoms with van der Waals surface area (Å²) >= 11 is 0. The predicted molar refractivity (Wildman–Crippen MR) is 99.3 cm³/mol. The second kappa shape index (κ2) is 5.23. The molecule has 5 rings (SSSR count). The molecule has 0 aromatic rings. The van der Waals surface area contributed by atoms with Crippen molar-refractivity contribution in [1.29, 1.82) is 0 Å². The van der Waals surface area contributed by atoms with E-state index in [9.17, 15) is 9.59 Å². The number of hydrogen-bond donors (Lipinski definition) is 0. The van der Waals surface area contributed by atoms with Crippen molar-refractivity contribution >= 4 is 11.8 Å². The molecule has 3 heteroatoms. The summed E-state index contributed by atoms with van der Waals surface area (Å²) in [6.07, 6.45) is 11.1. The Labute approximate surface area is 156 Å². The van der Waals surface area contributed by atoms with E-state index in [1.807, 2.05) is 6.08 Å². The molecule has 6 unspecified atom stereocenters. The van der Waals surface area contributed by atoms with Crippen LogP contribution in [-0.4, -0.2) is 17.4 Å². The van der Waals surface area contributed by atoms with E-state index < -0.39 is 0 Å².